The Labute approximate surface area is 262 Å². The number of carbonyl (C=O) groups excluding carboxylic acids is 3. The topological polar surface area (TPSA) is 125 Å². The van der Waals surface area contributed by atoms with E-state index < -0.39 is 14.9 Å². The van der Waals surface area contributed by atoms with Crippen molar-refractivity contribution in [1.82, 2.24) is 10.6 Å². The Balaban J connectivity index is 2.63. The predicted octanol–water partition coefficient (Wildman–Crippen LogP) is 6.70. The van der Waals surface area contributed by atoms with Crippen molar-refractivity contribution in [2.24, 2.45) is 15.8 Å². The first kappa shape index (κ1) is 39.2. The van der Waals surface area contributed by atoms with Crippen molar-refractivity contribution in [2.45, 2.75) is 144 Å². The van der Waals surface area contributed by atoms with Crippen molar-refractivity contribution in [2.75, 3.05) is 32.9 Å². The van der Waals surface area contributed by atoms with Crippen LogP contribution in [0, 0.1) is 10.8 Å². The SMILES string of the molecule is CCCCCCCC(CCC(=O)NCCC[Si](OCC)(OCC)OCC)OC(=O)NCC1(C)CC(N=C=O)CC(C)(C)C1. The third kappa shape index (κ3) is 16.8. The molecule has 0 radical (unpaired) electrons. The first-order valence-corrected chi connectivity index (χ1v) is 18.6. The van der Waals surface area contributed by atoms with E-state index in [9.17, 15) is 14.4 Å². The normalized spacial score (nSPS) is 20.6. The van der Waals surface area contributed by atoms with Crippen molar-refractivity contribution in [1.29, 1.82) is 0 Å². The van der Waals surface area contributed by atoms with Crippen LogP contribution in [-0.2, 0) is 27.6 Å². The Morgan fingerprint density at radius 1 is 0.907 bits per heavy atom. The van der Waals surface area contributed by atoms with Gasteiger partial charge in [0, 0.05) is 45.4 Å². The zero-order valence-corrected chi connectivity index (χ0v) is 29.2. The van der Waals surface area contributed by atoms with E-state index in [4.69, 9.17) is 18.0 Å². The van der Waals surface area contributed by atoms with E-state index in [2.05, 4.69) is 43.3 Å². The first-order valence-electron chi connectivity index (χ1n) is 16.7. The van der Waals surface area contributed by atoms with Crippen molar-refractivity contribution < 1.29 is 32.4 Å². The minimum absolute atomic E-state index is 0.0107. The summed E-state index contributed by atoms with van der Waals surface area (Å²) in [4.78, 5) is 40.5. The number of rotatable bonds is 23. The summed E-state index contributed by atoms with van der Waals surface area (Å²) in [6.07, 6.45) is 11.1. The molecule has 43 heavy (non-hydrogen) atoms. The second kappa shape index (κ2) is 21.0. The highest BCUT2D eigenvalue weighted by Crippen LogP contribution is 2.46. The lowest BCUT2D eigenvalue weighted by Gasteiger charge is -2.45. The minimum atomic E-state index is -2.73. The number of aliphatic imine (C=N–C) groups is 1. The van der Waals surface area contributed by atoms with Crippen molar-refractivity contribution in [3.8, 4) is 0 Å². The average molecular weight is 628 g/mol. The molecule has 1 rings (SSSR count). The van der Waals surface area contributed by atoms with Gasteiger partial charge in [-0.3, -0.25) is 4.79 Å². The van der Waals surface area contributed by atoms with Gasteiger partial charge in [-0.25, -0.2) is 14.6 Å². The minimum Gasteiger partial charge on any atom is -0.446 e. The van der Waals surface area contributed by atoms with E-state index in [0.29, 0.717) is 51.8 Å². The smallest absolute Gasteiger partial charge is 0.446 e. The number of carbonyl (C=O) groups is 2. The Morgan fingerprint density at radius 2 is 1.56 bits per heavy atom. The molecule has 11 heteroatoms. The summed E-state index contributed by atoms with van der Waals surface area (Å²) in [7, 11) is -2.73. The van der Waals surface area contributed by atoms with E-state index in [-0.39, 0.29) is 35.3 Å². The molecule has 3 atom stereocenters. The Hall–Kier alpha value is -1.78. The standard InChI is InChI=1S/C32H61N3O7Si/c1-8-12-13-14-15-17-28(18-19-29(37)33-20-16-21-43(39-9-2,40-10-3)41-11-4)42-30(38)34-25-32(7)23-27(35-26-36)22-31(5,6)24-32/h27-28H,8-25H2,1-7H3,(H,33,37)(H,34,38). The molecule has 0 aromatic heterocycles. The number of nitrogens with zero attached hydrogens (tertiary/aromatic N) is 1. The number of unbranched alkanes of at least 4 members (excludes halogenated alkanes) is 4. The van der Waals surface area contributed by atoms with Crippen molar-refractivity contribution in [3.63, 3.8) is 0 Å². The second-order valence-electron chi connectivity index (χ2n) is 13.0. The van der Waals surface area contributed by atoms with Gasteiger partial charge < -0.3 is 28.6 Å². The Kier molecular flexibility index (Phi) is 19.2. The third-order valence-corrected chi connectivity index (χ3v) is 11.1. The number of alkyl carbamates (subject to hydrolysis) is 1. The molecule has 1 saturated carbocycles. The molecular weight excluding hydrogens is 566 g/mol. The first-order chi connectivity index (χ1) is 20.5. The summed E-state index contributed by atoms with van der Waals surface area (Å²) < 4.78 is 23.5. The van der Waals surface area contributed by atoms with E-state index in [1.54, 1.807) is 6.08 Å². The summed E-state index contributed by atoms with van der Waals surface area (Å²) in [5.41, 5.74) is -0.189. The molecule has 2 amide bonds. The molecule has 0 heterocycles. The number of hydrogen-bond acceptors (Lipinski definition) is 8. The predicted molar refractivity (Wildman–Crippen MR) is 172 cm³/mol. The fourth-order valence-electron chi connectivity index (χ4n) is 6.51. The second-order valence-corrected chi connectivity index (χ2v) is 15.7. The molecule has 0 aromatic rings. The molecule has 3 unspecified atom stereocenters. The van der Waals surface area contributed by atoms with Crippen LogP contribution in [0.2, 0.25) is 6.04 Å². The van der Waals surface area contributed by atoms with Crippen LogP contribution >= 0.6 is 0 Å². The fraction of sp³-hybridized carbons (Fsp3) is 0.906. The van der Waals surface area contributed by atoms with E-state index in [1.807, 2.05) is 20.8 Å². The highest BCUT2D eigenvalue weighted by atomic mass is 28.4. The maximum absolute atomic E-state index is 12.9. The van der Waals surface area contributed by atoms with Gasteiger partial charge in [-0.05, 0) is 76.5 Å². The zero-order valence-electron chi connectivity index (χ0n) is 28.2. The lowest BCUT2D eigenvalue weighted by Crippen LogP contribution is -2.46. The molecule has 0 aromatic carbocycles. The quantitative estimate of drug-likeness (QED) is 0.0559. The largest absolute Gasteiger partial charge is 0.500 e. The van der Waals surface area contributed by atoms with Crippen LogP contribution in [0.1, 0.15) is 126 Å². The van der Waals surface area contributed by atoms with E-state index >= 15 is 0 Å². The van der Waals surface area contributed by atoms with Gasteiger partial charge >= 0.3 is 14.9 Å². The molecule has 0 saturated heterocycles. The summed E-state index contributed by atoms with van der Waals surface area (Å²) in [5, 5.41) is 5.97. The van der Waals surface area contributed by atoms with E-state index in [1.165, 1.54) is 12.8 Å². The van der Waals surface area contributed by atoms with Gasteiger partial charge in [0.25, 0.3) is 0 Å². The van der Waals surface area contributed by atoms with Gasteiger partial charge in [0.05, 0.1) is 6.04 Å². The number of nitrogens with one attached hydrogen (secondary N) is 2. The molecule has 1 fully saturated rings. The summed E-state index contributed by atoms with van der Waals surface area (Å²) in [5.74, 6) is -0.0600. The van der Waals surface area contributed by atoms with Crippen molar-refractivity contribution >= 4 is 26.9 Å². The summed E-state index contributed by atoms with van der Waals surface area (Å²) in [6.45, 7) is 17.0. The van der Waals surface area contributed by atoms with Crippen LogP contribution in [-0.4, -0.2) is 71.9 Å². The molecule has 2 N–H and O–H groups in total. The van der Waals surface area contributed by atoms with Gasteiger partial charge in [-0.15, -0.1) is 0 Å². The maximum Gasteiger partial charge on any atom is 0.500 e. The zero-order chi connectivity index (χ0) is 32.2. The summed E-state index contributed by atoms with van der Waals surface area (Å²) >= 11 is 0. The average Bonchev–Trinajstić information content (AvgIpc) is 2.92. The number of isocyanates is 1. The maximum atomic E-state index is 12.9. The van der Waals surface area contributed by atoms with Crippen LogP contribution in [0.3, 0.4) is 0 Å². The lowest BCUT2D eigenvalue weighted by molar-refractivity contribution is -0.121. The molecule has 0 aliphatic heterocycles. The van der Waals surface area contributed by atoms with Gasteiger partial charge in [0.2, 0.25) is 12.0 Å². The third-order valence-electron chi connectivity index (χ3n) is 7.99. The number of amides is 2. The van der Waals surface area contributed by atoms with Crippen LogP contribution < -0.4 is 10.6 Å². The molecule has 0 spiro atoms. The highest BCUT2D eigenvalue weighted by Gasteiger charge is 2.42. The van der Waals surface area contributed by atoms with Crippen molar-refractivity contribution in [3.05, 3.63) is 0 Å². The fourth-order valence-corrected chi connectivity index (χ4v) is 9.12. The van der Waals surface area contributed by atoms with E-state index in [0.717, 1.165) is 44.9 Å². The van der Waals surface area contributed by atoms with Gasteiger partial charge in [-0.1, -0.05) is 53.4 Å². The van der Waals surface area contributed by atoms with Gasteiger partial charge in [-0.2, -0.15) is 0 Å². The molecule has 1 aliphatic rings. The summed E-state index contributed by atoms with van der Waals surface area (Å²) in [6, 6.07) is 0.555. The number of hydrogen-bond donors (Lipinski definition) is 2. The molecule has 1 aliphatic carbocycles. The number of ether oxygens (including phenoxy) is 1. The Morgan fingerprint density at radius 3 is 2.16 bits per heavy atom. The molecule has 0 bridgehead atoms. The lowest BCUT2D eigenvalue weighted by atomic mass is 9.63. The molecule has 250 valence electrons. The highest BCUT2D eigenvalue weighted by molar-refractivity contribution is 6.60. The van der Waals surface area contributed by atoms with Crippen LogP contribution in [0.5, 0.6) is 0 Å². The molecular formula is C32H61N3O7Si. The Bertz CT molecular complexity index is 836. The molecule has 10 nitrogen and oxygen atoms in total. The van der Waals surface area contributed by atoms with Crippen LogP contribution in [0.25, 0.3) is 0 Å². The monoisotopic (exact) mass is 627 g/mol. The van der Waals surface area contributed by atoms with Gasteiger partial charge in [0.15, 0.2) is 0 Å². The van der Waals surface area contributed by atoms with Crippen LogP contribution in [0.4, 0.5) is 4.79 Å². The van der Waals surface area contributed by atoms with Crippen LogP contribution in [0.15, 0.2) is 4.99 Å². The van der Waals surface area contributed by atoms with Gasteiger partial charge in [0.1, 0.15) is 6.10 Å².